The van der Waals surface area contributed by atoms with Crippen LogP contribution in [-0.4, -0.2) is 49.2 Å². The molecule has 4 atom stereocenters. The van der Waals surface area contributed by atoms with Crippen molar-refractivity contribution in [2.45, 2.75) is 72.1 Å². The van der Waals surface area contributed by atoms with Gasteiger partial charge in [0.25, 0.3) is 5.91 Å². The van der Waals surface area contributed by atoms with Crippen molar-refractivity contribution in [3.8, 4) is 11.8 Å². The summed E-state index contributed by atoms with van der Waals surface area (Å²) in [6.45, 7) is 9.11. The Morgan fingerprint density at radius 2 is 1.95 bits per heavy atom. The van der Waals surface area contributed by atoms with Crippen molar-refractivity contribution in [3.63, 3.8) is 0 Å². The second-order valence-corrected chi connectivity index (χ2v) is 10.3. The normalized spacial score (nSPS) is 18.1. The number of esters is 1. The number of rotatable bonds is 13. The number of carbonyl (C=O) groups excluding carboxylic acids is 4. The van der Waals surface area contributed by atoms with Crippen LogP contribution in [0.25, 0.3) is 0 Å². The molecular formula is C30H40ClN3O7. The third-order valence-corrected chi connectivity index (χ3v) is 6.02. The molecule has 224 valence electrons. The van der Waals surface area contributed by atoms with E-state index in [4.69, 9.17) is 31.5 Å². The number of ether oxygens (including phenoxy) is 3. The summed E-state index contributed by atoms with van der Waals surface area (Å²) < 4.78 is 15.4. The van der Waals surface area contributed by atoms with Crippen molar-refractivity contribution >= 4 is 35.5 Å². The molecule has 0 aromatic heterocycles. The number of cyclic esters (lactones) is 1. The van der Waals surface area contributed by atoms with Gasteiger partial charge in [-0.2, -0.15) is 0 Å². The highest BCUT2D eigenvalue weighted by Gasteiger charge is 2.27. The fraction of sp³-hybridized carbons (Fsp3) is 0.467. The minimum Gasteiger partial charge on any atom is -0.490 e. The fourth-order valence-corrected chi connectivity index (χ4v) is 3.80. The van der Waals surface area contributed by atoms with Gasteiger partial charge in [0.2, 0.25) is 5.91 Å². The Hall–Kier alpha value is -3.97. The Morgan fingerprint density at radius 1 is 1.24 bits per heavy atom. The van der Waals surface area contributed by atoms with Gasteiger partial charge in [0.05, 0.1) is 7.11 Å². The molecular weight excluding hydrogens is 550 g/mol. The lowest BCUT2D eigenvalue weighted by Gasteiger charge is -2.25. The highest BCUT2D eigenvalue weighted by atomic mass is 35.5. The first-order valence-electron chi connectivity index (χ1n) is 13.2. The second-order valence-electron chi connectivity index (χ2n) is 9.75. The molecule has 0 fully saturated rings. The Morgan fingerprint density at radius 3 is 2.54 bits per heavy atom. The summed E-state index contributed by atoms with van der Waals surface area (Å²) in [4.78, 5) is 48.0. The number of methoxy groups -OCH3 is 1. The Bertz CT molecular complexity index is 1150. The van der Waals surface area contributed by atoms with E-state index >= 15 is 0 Å². The molecule has 0 saturated heterocycles. The van der Waals surface area contributed by atoms with Gasteiger partial charge < -0.3 is 30.6 Å². The van der Waals surface area contributed by atoms with Crippen LogP contribution in [0.3, 0.4) is 0 Å². The van der Waals surface area contributed by atoms with Crippen molar-refractivity contribution < 1.29 is 33.4 Å². The van der Waals surface area contributed by atoms with Gasteiger partial charge in [0.1, 0.15) is 18.2 Å². The molecule has 1 aliphatic rings. The number of carbonyl (C=O) groups is 4. The van der Waals surface area contributed by atoms with Crippen LogP contribution in [0.2, 0.25) is 0 Å². The van der Waals surface area contributed by atoms with Crippen molar-refractivity contribution in [2.24, 2.45) is 17.6 Å². The molecule has 1 heterocycles. The highest BCUT2D eigenvalue weighted by Crippen LogP contribution is 2.22. The quantitative estimate of drug-likeness (QED) is 0.166. The maximum atomic E-state index is 12.6. The van der Waals surface area contributed by atoms with Crippen LogP contribution >= 0.6 is 11.6 Å². The molecule has 0 bridgehead atoms. The van der Waals surface area contributed by atoms with Crippen LogP contribution in [0, 0.1) is 23.7 Å². The minimum absolute atomic E-state index is 0.0397. The summed E-state index contributed by atoms with van der Waals surface area (Å²) >= 11 is 5.82. The largest absolute Gasteiger partial charge is 0.490 e. The molecule has 0 saturated carbocycles. The summed E-state index contributed by atoms with van der Waals surface area (Å²) in [7, 11) is 1.43. The average Bonchev–Trinajstić information content (AvgIpc) is 2.89. The molecule has 0 aliphatic carbocycles. The van der Waals surface area contributed by atoms with Crippen molar-refractivity contribution in [3.05, 3.63) is 59.0 Å². The van der Waals surface area contributed by atoms with Crippen LogP contribution in [0.1, 0.15) is 53.9 Å². The Labute approximate surface area is 247 Å². The molecule has 4 N–H and O–H groups in total. The summed E-state index contributed by atoms with van der Waals surface area (Å²) in [5.41, 5.74) is 5.98. The van der Waals surface area contributed by atoms with Gasteiger partial charge in [-0.05, 0) is 44.0 Å². The smallest absolute Gasteiger partial charge is 0.404 e. The lowest BCUT2D eigenvalue weighted by atomic mass is 9.97. The van der Waals surface area contributed by atoms with Gasteiger partial charge in [-0.1, -0.05) is 68.2 Å². The predicted molar refractivity (Wildman–Crippen MR) is 157 cm³/mol. The van der Waals surface area contributed by atoms with E-state index in [1.165, 1.54) is 19.4 Å². The maximum absolute atomic E-state index is 12.6. The molecule has 1 rings (SSSR count). The number of nitrogens with two attached hydrogens (primary N) is 1. The third-order valence-electron chi connectivity index (χ3n) is 5.87. The zero-order chi connectivity index (χ0) is 30.9. The van der Waals surface area contributed by atoms with Crippen molar-refractivity contribution in [1.82, 2.24) is 10.6 Å². The van der Waals surface area contributed by atoms with E-state index < -0.39 is 36.0 Å². The minimum atomic E-state index is -0.905. The van der Waals surface area contributed by atoms with E-state index in [0.29, 0.717) is 24.3 Å². The summed E-state index contributed by atoms with van der Waals surface area (Å²) in [5.74, 6) is 3.59. The van der Waals surface area contributed by atoms with Crippen LogP contribution in [0.5, 0.6) is 0 Å². The number of allylic oxidation sites excluding steroid dienone is 4. The average molecular weight is 590 g/mol. The van der Waals surface area contributed by atoms with Crippen molar-refractivity contribution in [1.29, 1.82) is 0 Å². The van der Waals surface area contributed by atoms with Gasteiger partial charge in [0.15, 0.2) is 5.76 Å². The van der Waals surface area contributed by atoms with Gasteiger partial charge in [0, 0.05) is 30.2 Å². The van der Waals surface area contributed by atoms with Gasteiger partial charge in [-0.15, -0.1) is 0 Å². The standard InChI is InChI=1S/C30H40ClN3O7/c1-19(2)27(28(36)33-17-9-11-23(40-30(32)38)14-13-22(5)31)34-26(35)12-8-7-10-20(3)18-21(4)24-15-16-25(39-6)29(37)41-24/h7,9-10,13,16-19,21,23-24,27H,11,14-15H2,1-6H3,(H2,32,38)(H,33,36)(H,34,35)/b10-7-,17-9-,20-18+,22-13+/t21-,23+,24-,27-/m0/s1. The van der Waals surface area contributed by atoms with E-state index in [-0.39, 0.29) is 23.7 Å². The molecule has 1 aliphatic heterocycles. The monoisotopic (exact) mass is 589 g/mol. The molecule has 3 amide bonds. The number of hydrogen-bond donors (Lipinski definition) is 3. The molecule has 10 nitrogen and oxygen atoms in total. The SMILES string of the molecule is COC1=CC[C@@H]([C@@H](C)/C=C(C)/C=C\C#CC(=O)N[C@H](C(=O)N/C=C\C[C@H](C/C=C(\C)Cl)OC(N)=O)C(C)C)OC1=O. The first kappa shape index (κ1) is 35.1. The molecule has 0 spiro atoms. The van der Waals surface area contributed by atoms with Crippen molar-refractivity contribution in [2.75, 3.05) is 7.11 Å². The van der Waals surface area contributed by atoms with Gasteiger partial charge in [-0.3, -0.25) is 9.59 Å². The molecule has 0 aromatic carbocycles. The lowest BCUT2D eigenvalue weighted by Crippen LogP contribution is -2.48. The molecule has 41 heavy (non-hydrogen) atoms. The Balaban J connectivity index is 2.65. The first-order chi connectivity index (χ1) is 19.3. The molecule has 0 radical (unpaired) electrons. The second kappa shape index (κ2) is 18.4. The summed E-state index contributed by atoms with van der Waals surface area (Å²) in [6, 6.07) is -0.821. The maximum Gasteiger partial charge on any atom is 0.404 e. The zero-order valence-corrected chi connectivity index (χ0v) is 25.1. The van der Waals surface area contributed by atoms with Crippen LogP contribution < -0.4 is 16.4 Å². The number of nitrogens with one attached hydrogen (secondary N) is 2. The van der Waals surface area contributed by atoms with E-state index in [0.717, 1.165) is 5.57 Å². The predicted octanol–water partition coefficient (Wildman–Crippen LogP) is 4.13. The number of amides is 3. The van der Waals surface area contributed by atoms with Crippen LogP contribution in [0.15, 0.2) is 59.0 Å². The number of halogens is 1. The highest BCUT2D eigenvalue weighted by molar-refractivity contribution is 6.29. The topological polar surface area (TPSA) is 146 Å². The van der Waals surface area contributed by atoms with E-state index in [9.17, 15) is 19.2 Å². The number of hydrogen-bond acceptors (Lipinski definition) is 7. The van der Waals surface area contributed by atoms with E-state index in [1.54, 1.807) is 45.1 Å². The van der Waals surface area contributed by atoms with E-state index in [1.807, 2.05) is 19.9 Å². The third kappa shape index (κ3) is 14.3. The summed E-state index contributed by atoms with van der Waals surface area (Å²) in [5, 5.41) is 5.80. The summed E-state index contributed by atoms with van der Waals surface area (Å²) in [6.07, 6.45) is 11.2. The van der Waals surface area contributed by atoms with E-state index in [2.05, 4.69) is 22.5 Å². The first-order valence-corrected chi connectivity index (χ1v) is 13.6. The zero-order valence-electron chi connectivity index (χ0n) is 24.4. The lowest BCUT2D eigenvalue weighted by molar-refractivity contribution is -0.151. The molecule has 0 unspecified atom stereocenters. The fourth-order valence-electron chi connectivity index (χ4n) is 3.71. The number of primary amides is 1. The van der Waals surface area contributed by atoms with Gasteiger partial charge in [-0.25, -0.2) is 9.59 Å². The van der Waals surface area contributed by atoms with Crippen LogP contribution in [-0.2, 0) is 28.6 Å². The molecule has 0 aromatic rings. The van der Waals surface area contributed by atoms with Gasteiger partial charge >= 0.3 is 12.1 Å². The van der Waals surface area contributed by atoms with Crippen LogP contribution in [0.4, 0.5) is 4.79 Å². The molecule has 11 heteroatoms. The Kier molecular flexibility index (Phi) is 15.7.